The van der Waals surface area contributed by atoms with Crippen molar-refractivity contribution in [2.24, 2.45) is 0 Å². The average Bonchev–Trinajstić information content (AvgIpc) is 3.27. The monoisotopic (exact) mass is 490 g/mol. The molecular weight excluding hydrogens is 467 g/mol. The van der Waals surface area contributed by atoms with Crippen LogP contribution in [-0.2, 0) is 4.79 Å². The standard InChI is InChI=1S/C27H24ClFN4O2/c1-18(2)32(27(35)22-10-6-7-11-23(22)28)17-26(34)30-25-16-24(19-8-4-3-5-9-19)31-33(25)21-14-12-20(29)13-15-21/h3-16,18H,17H2,1-2H3,(H,30,34). The number of carbonyl (C=O) groups is 2. The Morgan fingerprint density at radius 1 is 1.00 bits per heavy atom. The molecule has 0 atom stereocenters. The highest BCUT2D eigenvalue weighted by Crippen LogP contribution is 2.25. The van der Waals surface area contributed by atoms with Gasteiger partial charge in [0.2, 0.25) is 5.91 Å². The summed E-state index contributed by atoms with van der Waals surface area (Å²) in [6.45, 7) is 3.48. The highest BCUT2D eigenvalue weighted by atomic mass is 35.5. The molecule has 0 unspecified atom stereocenters. The highest BCUT2D eigenvalue weighted by Gasteiger charge is 2.24. The van der Waals surface area contributed by atoms with Gasteiger partial charge >= 0.3 is 0 Å². The van der Waals surface area contributed by atoms with Gasteiger partial charge < -0.3 is 10.2 Å². The van der Waals surface area contributed by atoms with Gasteiger partial charge in [0, 0.05) is 17.7 Å². The molecule has 2 amide bonds. The molecular formula is C27H24ClFN4O2. The molecule has 0 radical (unpaired) electrons. The number of carbonyl (C=O) groups excluding carboxylic acids is 2. The van der Waals surface area contributed by atoms with Crippen LogP contribution in [0.25, 0.3) is 16.9 Å². The number of amides is 2. The van der Waals surface area contributed by atoms with Gasteiger partial charge in [-0.15, -0.1) is 0 Å². The SMILES string of the molecule is CC(C)N(CC(=O)Nc1cc(-c2ccccc2)nn1-c1ccc(F)cc1)C(=O)c1ccccc1Cl. The lowest BCUT2D eigenvalue weighted by Crippen LogP contribution is -2.42. The van der Waals surface area contributed by atoms with Crippen molar-refractivity contribution in [2.45, 2.75) is 19.9 Å². The van der Waals surface area contributed by atoms with Crippen LogP contribution in [0.1, 0.15) is 24.2 Å². The Morgan fingerprint density at radius 3 is 2.31 bits per heavy atom. The molecule has 35 heavy (non-hydrogen) atoms. The van der Waals surface area contributed by atoms with Crippen molar-refractivity contribution in [3.05, 3.63) is 101 Å². The third-order valence-electron chi connectivity index (χ3n) is 5.42. The quantitative estimate of drug-likeness (QED) is 0.355. The summed E-state index contributed by atoms with van der Waals surface area (Å²) in [6, 6.07) is 23.6. The van der Waals surface area contributed by atoms with Gasteiger partial charge in [0.25, 0.3) is 5.91 Å². The van der Waals surface area contributed by atoms with Crippen LogP contribution in [0.2, 0.25) is 5.02 Å². The van der Waals surface area contributed by atoms with Crippen LogP contribution < -0.4 is 5.32 Å². The lowest BCUT2D eigenvalue weighted by molar-refractivity contribution is -0.117. The number of halogens is 2. The molecule has 1 heterocycles. The maximum absolute atomic E-state index is 13.5. The summed E-state index contributed by atoms with van der Waals surface area (Å²) in [5, 5.41) is 7.81. The molecule has 0 fully saturated rings. The van der Waals surface area contributed by atoms with Gasteiger partial charge in [0.05, 0.1) is 22.0 Å². The molecule has 0 saturated heterocycles. The summed E-state index contributed by atoms with van der Waals surface area (Å²) in [4.78, 5) is 27.7. The van der Waals surface area contributed by atoms with Crippen LogP contribution in [0.5, 0.6) is 0 Å². The van der Waals surface area contributed by atoms with Crippen LogP contribution in [0.15, 0.2) is 84.9 Å². The molecule has 0 aliphatic carbocycles. The van der Waals surface area contributed by atoms with Crippen molar-refractivity contribution in [3.8, 4) is 16.9 Å². The highest BCUT2D eigenvalue weighted by molar-refractivity contribution is 6.33. The number of hydrogen-bond donors (Lipinski definition) is 1. The van der Waals surface area contributed by atoms with Gasteiger partial charge in [-0.1, -0.05) is 54.1 Å². The first-order valence-electron chi connectivity index (χ1n) is 11.1. The largest absolute Gasteiger partial charge is 0.327 e. The first-order chi connectivity index (χ1) is 16.8. The lowest BCUT2D eigenvalue weighted by Gasteiger charge is -2.26. The fourth-order valence-corrected chi connectivity index (χ4v) is 3.83. The molecule has 178 valence electrons. The van der Waals surface area contributed by atoms with E-state index < -0.39 is 5.91 Å². The Kier molecular flexibility index (Phi) is 7.27. The second-order valence-corrected chi connectivity index (χ2v) is 8.63. The molecule has 6 nitrogen and oxygen atoms in total. The fourth-order valence-electron chi connectivity index (χ4n) is 3.61. The van der Waals surface area contributed by atoms with Crippen molar-refractivity contribution in [2.75, 3.05) is 11.9 Å². The predicted molar refractivity (Wildman–Crippen MR) is 135 cm³/mol. The number of benzene rings is 3. The molecule has 0 aliphatic heterocycles. The topological polar surface area (TPSA) is 67.2 Å². The Morgan fingerprint density at radius 2 is 1.66 bits per heavy atom. The summed E-state index contributed by atoms with van der Waals surface area (Å²) in [5.74, 6) is -0.713. The van der Waals surface area contributed by atoms with Crippen molar-refractivity contribution in [1.29, 1.82) is 0 Å². The lowest BCUT2D eigenvalue weighted by atomic mass is 10.1. The molecule has 1 aromatic heterocycles. The first-order valence-corrected chi connectivity index (χ1v) is 11.5. The fraction of sp³-hybridized carbons (Fsp3) is 0.148. The minimum absolute atomic E-state index is 0.184. The van der Waals surface area contributed by atoms with Crippen LogP contribution in [-0.4, -0.2) is 39.1 Å². The smallest absolute Gasteiger partial charge is 0.256 e. The molecule has 4 aromatic rings. The minimum atomic E-state index is -0.401. The summed E-state index contributed by atoms with van der Waals surface area (Å²) in [5.41, 5.74) is 2.41. The van der Waals surface area contributed by atoms with Gasteiger partial charge in [-0.05, 0) is 50.2 Å². The van der Waals surface area contributed by atoms with Crippen LogP contribution in [0.4, 0.5) is 10.2 Å². The van der Waals surface area contributed by atoms with Gasteiger partial charge in [-0.2, -0.15) is 5.10 Å². The zero-order valence-corrected chi connectivity index (χ0v) is 20.0. The van der Waals surface area contributed by atoms with E-state index in [-0.39, 0.29) is 24.3 Å². The molecule has 3 aromatic carbocycles. The predicted octanol–water partition coefficient (Wildman–Crippen LogP) is 5.82. The number of nitrogens with zero attached hydrogens (tertiary/aromatic N) is 3. The minimum Gasteiger partial charge on any atom is -0.327 e. The zero-order valence-electron chi connectivity index (χ0n) is 19.3. The van der Waals surface area contributed by atoms with Crippen molar-refractivity contribution in [3.63, 3.8) is 0 Å². The molecule has 0 aliphatic rings. The van der Waals surface area contributed by atoms with E-state index in [0.29, 0.717) is 27.8 Å². The van der Waals surface area contributed by atoms with Gasteiger partial charge in [-0.25, -0.2) is 9.07 Å². The number of nitrogens with one attached hydrogen (secondary N) is 1. The van der Waals surface area contributed by atoms with E-state index in [1.807, 2.05) is 44.2 Å². The maximum Gasteiger partial charge on any atom is 0.256 e. The Hall–Kier alpha value is -3.97. The summed E-state index contributed by atoms with van der Waals surface area (Å²) >= 11 is 6.21. The van der Waals surface area contributed by atoms with Crippen LogP contribution in [0, 0.1) is 5.82 Å². The second kappa shape index (κ2) is 10.5. The number of anilines is 1. The third kappa shape index (κ3) is 5.58. The van der Waals surface area contributed by atoms with E-state index in [2.05, 4.69) is 10.4 Å². The number of rotatable bonds is 7. The molecule has 0 saturated carbocycles. The molecule has 0 bridgehead atoms. The molecule has 0 spiro atoms. The summed E-state index contributed by atoms with van der Waals surface area (Å²) < 4.78 is 15.0. The van der Waals surface area contributed by atoms with E-state index in [1.165, 1.54) is 21.7 Å². The van der Waals surface area contributed by atoms with Crippen LogP contribution in [0.3, 0.4) is 0 Å². The van der Waals surface area contributed by atoms with Gasteiger partial charge in [0.15, 0.2) is 0 Å². The van der Waals surface area contributed by atoms with Gasteiger partial charge in [-0.3, -0.25) is 9.59 Å². The van der Waals surface area contributed by atoms with E-state index >= 15 is 0 Å². The van der Waals surface area contributed by atoms with Crippen LogP contribution >= 0.6 is 11.6 Å². The Labute approximate surface area is 208 Å². The summed E-state index contributed by atoms with van der Waals surface area (Å²) in [7, 11) is 0. The number of hydrogen-bond acceptors (Lipinski definition) is 3. The number of aromatic nitrogens is 2. The molecule has 8 heteroatoms. The normalized spacial score (nSPS) is 10.9. The molecule has 1 N–H and O–H groups in total. The average molecular weight is 491 g/mol. The van der Waals surface area contributed by atoms with Crippen molar-refractivity contribution >= 4 is 29.2 Å². The van der Waals surface area contributed by atoms with E-state index in [0.717, 1.165) is 5.56 Å². The third-order valence-corrected chi connectivity index (χ3v) is 5.75. The second-order valence-electron chi connectivity index (χ2n) is 8.22. The van der Waals surface area contributed by atoms with Gasteiger partial charge in [0.1, 0.15) is 18.2 Å². The van der Waals surface area contributed by atoms with Crippen molar-refractivity contribution < 1.29 is 14.0 Å². The zero-order chi connectivity index (χ0) is 24.9. The summed E-state index contributed by atoms with van der Waals surface area (Å²) in [6.07, 6.45) is 0. The van der Waals surface area contributed by atoms with E-state index in [4.69, 9.17) is 11.6 Å². The molecule has 4 rings (SSSR count). The Balaban J connectivity index is 1.62. The maximum atomic E-state index is 13.5. The Bertz CT molecular complexity index is 1340. The van der Waals surface area contributed by atoms with Crippen molar-refractivity contribution in [1.82, 2.24) is 14.7 Å². The first kappa shape index (κ1) is 24.2. The van der Waals surface area contributed by atoms with E-state index in [1.54, 1.807) is 42.5 Å². The van der Waals surface area contributed by atoms with E-state index in [9.17, 15) is 14.0 Å².